The molecular formula is C14H10N4O. The fraction of sp³-hybridized carbons (Fsp3) is 0.0714. The van der Waals surface area contributed by atoms with E-state index in [9.17, 15) is 0 Å². The third kappa shape index (κ3) is 2.46. The Morgan fingerprint density at radius 2 is 1.79 bits per heavy atom. The van der Waals surface area contributed by atoms with Gasteiger partial charge in [0.15, 0.2) is 0 Å². The van der Waals surface area contributed by atoms with E-state index in [1.807, 2.05) is 24.3 Å². The van der Waals surface area contributed by atoms with Crippen molar-refractivity contribution < 1.29 is 4.74 Å². The van der Waals surface area contributed by atoms with Crippen molar-refractivity contribution in [2.45, 2.75) is 0 Å². The van der Waals surface area contributed by atoms with E-state index < -0.39 is 0 Å². The molecule has 0 amide bonds. The molecule has 2 aromatic carbocycles. The lowest BCUT2D eigenvalue weighted by atomic mass is 10.1. The molecule has 0 spiro atoms. The van der Waals surface area contributed by atoms with Crippen molar-refractivity contribution >= 4 is 22.2 Å². The lowest BCUT2D eigenvalue weighted by Crippen LogP contribution is -1.97. The Morgan fingerprint density at radius 1 is 1.11 bits per heavy atom. The number of rotatable bonds is 3. The van der Waals surface area contributed by atoms with Crippen molar-refractivity contribution in [2.75, 3.05) is 12.5 Å². The first kappa shape index (κ1) is 12.4. The molecule has 0 aromatic heterocycles. The number of methoxy groups -OCH3 is 1. The van der Waals surface area contributed by atoms with Crippen LogP contribution in [-0.2, 0) is 0 Å². The summed E-state index contributed by atoms with van der Waals surface area (Å²) in [5, 5.41) is 22.8. The maximum atomic E-state index is 8.64. The van der Waals surface area contributed by atoms with Crippen LogP contribution in [0.25, 0.3) is 10.8 Å². The Bertz CT molecular complexity index is 706. The van der Waals surface area contributed by atoms with Gasteiger partial charge in [0.05, 0.1) is 12.8 Å². The summed E-state index contributed by atoms with van der Waals surface area (Å²) in [7, 11) is 1.61. The minimum atomic E-state index is -0.222. The van der Waals surface area contributed by atoms with Crippen molar-refractivity contribution in [1.82, 2.24) is 0 Å². The van der Waals surface area contributed by atoms with Gasteiger partial charge in [-0.2, -0.15) is 15.6 Å². The second-order valence-electron chi connectivity index (χ2n) is 3.66. The third-order valence-corrected chi connectivity index (χ3v) is 2.60. The van der Waals surface area contributed by atoms with Crippen molar-refractivity contribution in [2.24, 2.45) is 5.10 Å². The molecule has 0 saturated carbocycles. The van der Waals surface area contributed by atoms with Gasteiger partial charge in [0, 0.05) is 10.8 Å². The zero-order valence-electron chi connectivity index (χ0n) is 10.2. The van der Waals surface area contributed by atoms with Gasteiger partial charge in [-0.05, 0) is 12.1 Å². The normalized spacial score (nSPS) is 9.21. The van der Waals surface area contributed by atoms with Crippen LogP contribution in [0.4, 0.5) is 5.69 Å². The van der Waals surface area contributed by atoms with Crippen molar-refractivity contribution in [1.29, 1.82) is 10.5 Å². The predicted octanol–water partition coefficient (Wildman–Crippen LogP) is 2.66. The lowest BCUT2D eigenvalue weighted by Gasteiger charge is -2.09. The number of nitrogens with zero attached hydrogens (tertiary/aromatic N) is 3. The van der Waals surface area contributed by atoms with Gasteiger partial charge in [0.2, 0.25) is 5.71 Å². The minimum absolute atomic E-state index is 0.222. The molecule has 0 aliphatic rings. The summed E-state index contributed by atoms with van der Waals surface area (Å²) in [5.74, 6) is 0.755. The van der Waals surface area contributed by atoms with Crippen LogP contribution < -0.4 is 10.2 Å². The van der Waals surface area contributed by atoms with E-state index in [0.717, 1.165) is 16.5 Å². The summed E-state index contributed by atoms with van der Waals surface area (Å²) in [6.45, 7) is 0. The molecule has 92 valence electrons. The second kappa shape index (κ2) is 5.52. The van der Waals surface area contributed by atoms with Crippen LogP contribution in [0.5, 0.6) is 5.75 Å². The van der Waals surface area contributed by atoms with E-state index in [2.05, 4.69) is 10.5 Å². The number of hydrogen-bond donors (Lipinski definition) is 1. The van der Waals surface area contributed by atoms with Crippen LogP contribution in [0.15, 0.2) is 41.5 Å². The smallest absolute Gasteiger partial charge is 0.237 e. The van der Waals surface area contributed by atoms with Gasteiger partial charge in [-0.3, -0.25) is 5.43 Å². The number of hydrazone groups is 1. The molecule has 1 N–H and O–H groups in total. The van der Waals surface area contributed by atoms with Crippen molar-refractivity contribution in [3.05, 3.63) is 36.4 Å². The third-order valence-electron chi connectivity index (χ3n) is 2.60. The zero-order chi connectivity index (χ0) is 13.7. The molecule has 0 aliphatic heterocycles. The largest absolute Gasteiger partial charge is 0.496 e. The molecule has 0 unspecified atom stereocenters. The highest BCUT2D eigenvalue weighted by molar-refractivity contribution is 6.10. The molecule has 5 heteroatoms. The van der Waals surface area contributed by atoms with E-state index in [1.54, 1.807) is 31.4 Å². The fourth-order valence-corrected chi connectivity index (χ4v) is 1.74. The van der Waals surface area contributed by atoms with Crippen LogP contribution in [0, 0.1) is 22.7 Å². The molecule has 2 aromatic rings. The van der Waals surface area contributed by atoms with Gasteiger partial charge in [-0.25, -0.2) is 0 Å². The molecule has 5 nitrogen and oxygen atoms in total. The fourth-order valence-electron chi connectivity index (χ4n) is 1.74. The summed E-state index contributed by atoms with van der Waals surface area (Å²) in [6, 6.07) is 14.6. The highest BCUT2D eigenvalue weighted by atomic mass is 16.5. The molecule has 0 bridgehead atoms. The van der Waals surface area contributed by atoms with E-state index >= 15 is 0 Å². The Labute approximate surface area is 110 Å². The van der Waals surface area contributed by atoms with Crippen LogP contribution in [-0.4, -0.2) is 12.8 Å². The minimum Gasteiger partial charge on any atom is -0.496 e. The summed E-state index contributed by atoms with van der Waals surface area (Å²) in [4.78, 5) is 0. The van der Waals surface area contributed by atoms with Crippen LogP contribution in [0.3, 0.4) is 0 Å². The predicted molar refractivity (Wildman–Crippen MR) is 72.8 cm³/mol. The highest BCUT2D eigenvalue weighted by Gasteiger charge is 2.05. The van der Waals surface area contributed by atoms with Crippen LogP contribution in [0.1, 0.15) is 0 Å². The molecule has 0 fully saturated rings. The van der Waals surface area contributed by atoms with E-state index in [4.69, 9.17) is 15.3 Å². The van der Waals surface area contributed by atoms with Crippen LogP contribution >= 0.6 is 0 Å². The zero-order valence-corrected chi connectivity index (χ0v) is 10.2. The SMILES string of the molecule is COc1ccc(NN=C(C#N)C#N)c2ccccc12. The van der Waals surface area contributed by atoms with Gasteiger partial charge in [-0.1, -0.05) is 24.3 Å². The first-order valence-corrected chi connectivity index (χ1v) is 5.49. The van der Waals surface area contributed by atoms with Gasteiger partial charge in [0.25, 0.3) is 0 Å². The average Bonchev–Trinajstić information content (AvgIpc) is 2.48. The number of nitriles is 2. The maximum Gasteiger partial charge on any atom is 0.237 e. The van der Waals surface area contributed by atoms with Gasteiger partial charge in [0.1, 0.15) is 17.9 Å². The Hall–Kier alpha value is -3.05. The quantitative estimate of drug-likeness (QED) is 0.670. The van der Waals surface area contributed by atoms with Gasteiger partial charge in [-0.15, -0.1) is 0 Å². The van der Waals surface area contributed by atoms with Gasteiger partial charge >= 0.3 is 0 Å². The molecule has 19 heavy (non-hydrogen) atoms. The van der Waals surface area contributed by atoms with Gasteiger partial charge < -0.3 is 4.74 Å². The van der Waals surface area contributed by atoms with Crippen molar-refractivity contribution in [3.8, 4) is 17.9 Å². The number of hydrogen-bond acceptors (Lipinski definition) is 5. The monoisotopic (exact) mass is 250 g/mol. The molecule has 0 heterocycles. The molecule has 0 atom stereocenters. The van der Waals surface area contributed by atoms with Crippen LogP contribution in [0.2, 0.25) is 0 Å². The van der Waals surface area contributed by atoms with E-state index in [-0.39, 0.29) is 5.71 Å². The summed E-state index contributed by atoms with van der Waals surface area (Å²) < 4.78 is 5.28. The molecule has 2 rings (SSSR count). The number of anilines is 1. The Morgan fingerprint density at radius 3 is 2.42 bits per heavy atom. The number of fused-ring (bicyclic) bond motifs is 1. The Kier molecular flexibility index (Phi) is 3.61. The topological polar surface area (TPSA) is 81.2 Å². The van der Waals surface area contributed by atoms with E-state index in [0.29, 0.717) is 5.69 Å². The van der Waals surface area contributed by atoms with E-state index in [1.165, 1.54) is 0 Å². The summed E-state index contributed by atoms with van der Waals surface area (Å²) >= 11 is 0. The number of ether oxygens (including phenoxy) is 1. The molecule has 0 radical (unpaired) electrons. The summed E-state index contributed by atoms with van der Waals surface area (Å²) in [5.41, 5.74) is 3.21. The van der Waals surface area contributed by atoms with Crippen molar-refractivity contribution in [3.63, 3.8) is 0 Å². The number of nitrogens with one attached hydrogen (secondary N) is 1. The lowest BCUT2D eigenvalue weighted by molar-refractivity contribution is 0.420. The number of benzene rings is 2. The molecule has 0 saturated heterocycles. The first-order chi connectivity index (χ1) is 9.30. The molecule has 0 aliphatic carbocycles. The first-order valence-electron chi connectivity index (χ1n) is 5.49. The second-order valence-corrected chi connectivity index (χ2v) is 3.66. The standard InChI is InChI=1S/C14H10N4O/c1-19-14-7-6-13(18-17-10(8-15)9-16)11-4-2-3-5-12(11)14/h2-7,18H,1H3. The Balaban J connectivity index is 2.49. The highest BCUT2D eigenvalue weighted by Crippen LogP contribution is 2.31. The summed E-state index contributed by atoms with van der Waals surface area (Å²) in [6.07, 6.45) is 0. The molecular weight excluding hydrogens is 240 g/mol. The maximum absolute atomic E-state index is 8.64. The average molecular weight is 250 g/mol.